The standard InChI is InChI=1S/C10H19F3Si/c1-4-14(5-2,6-3)9-7-8-10(11,12)13/h7-8H,4-6,9H2,1-3H3/b8-7-. The molecule has 0 aromatic heterocycles. The van der Waals surface area contributed by atoms with Crippen molar-refractivity contribution in [2.24, 2.45) is 0 Å². The van der Waals surface area contributed by atoms with Crippen LogP contribution in [0.4, 0.5) is 13.2 Å². The van der Waals surface area contributed by atoms with Crippen LogP contribution in [0.3, 0.4) is 0 Å². The molecule has 0 rings (SSSR count). The molecule has 0 nitrogen and oxygen atoms in total. The number of halogens is 3. The highest BCUT2D eigenvalue weighted by Gasteiger charge is 2.27. The Hall–Kier alpha value is -0.253. The predicted molar refractivity (Wildman–Crippen MR) is 57.2 cm³/mol. The van der Waals surface area contributed by atoms with E-state index in [1.165, 1.54) is 6.08 Å². The van der Waals surface area contributed by atoms with Crippen LogP contribution in [0.2, 0.25) is 24.2 Å². The molecule has 0 atom stereocenters. The molecule has 84 valence electrons. The SMILES string of the molecule is CC[Si](CC)(CC)C/C=C\C(F)(F)F. The lowest BCUT2D eigenvalue weighted by Gasteiger charge is -2.26. The third-order valence-corrected chi connectivity index (χ3v) is 8.71. The third kappa shape index (κ3) is 4.84. The van der Waals surface area contributed by atoms with E-state index in [9.17, 15) is 13.2 Å². The second-order valence-electron chi connectivity index (χ2n) is 3.71. The summed E-state index contributed by atoms with van der Waals surface area (Å²) in [5, 5.41) is 0. The lowest BCUT2D eigenvalue weighted by atomic mass is 10.5. The van der Waals surface area contributed by atoms with Crippen LogP contribution >= 0.6 is 0 Å². The van der Waals surface area contributed by atoms with Crippen LogP contribution in [0, 0.1) is 0 Å². The van der Waals surface area contributed by atoms with Gasteiger partial charge in [-0.25, -0.2) is 0 Å². The van der Waals surface area contributed by atoms with Crippen LogP contribution in [-0.2, 0) is 0 Å². The summed E-state index contributed by atoms with van der Waals surface area (Å²) in [6.07, 6.45) is -2.44. The van der Waals surface area contributed by atoms with Crippen LogP contribution in [0.15, 0.2) is 12.2 Å². The van der Waals surface area contributed by atoms with Crippen molar-refractivity contribution in [3.63, 3.8) is 0 Å². The quantitative estimate of drug-likeness (QED) is 0.472. The van der Waals surface area contributed by atoms with Gasteiger partial charge in [0.2, 0.25) is 0 Å². The van der Waals surface area contributed by atoms with Gasteiger partial charge in [0.1, 0.15) is 0 Å². The summed E-state index contributed by atoms with van der Waals surface area (Å²) in [5.74, 6) is 0. The number of rotatable bonds is 5. The summed E-state index contributed by atoms with van der Waals surface area (Å²) >= 11 is 0. The average Bonchev–Trinajstić information content (AvgIpc) is 2.11. The summed E-state index contributed by atoms with van der Waals surface area (Å²) in [5.41, 5.74) is 0. The molecule has 0 aliphatic heterocycles. The normalized spacial score (nSPS) is 13.9. The zero-order chi connectivity index (χ0) is 11.2. The fourth-order valence-electron chi connectivity index (χ4n) is 1.63. The van der Waals surface area contributed by atoms with Crippen molar-refractivity contribution in [1.29, 1.82) is 0 Å². The molecule has 0 aliphatic carbocycles. The summed E-state index contributed by atoms with van der Waals surface area (Å²) in [6, 6.07) is 3.88. The minimum absolute atomic E-state index is 0.385. The number of hydrogen-bond acceptors (Lipinski definition) is 0. The monoisotopic (exact) mass is 224 g/mol. The molecule has 0 fully saturated rings. The van der Waals surface area contributed by atoms with Crippen molar-refractivity contribution >= 4 is 8.07 Å². The fraction of sp³-hybridized carbons (Fsp3) is 0.800. The third-order valence-electron chi connectivity index (χ3n) is 3.11. The summed E-state index contributed by atoms with van der Waals surface area (Å²) in [7, 11) is -1.40. The molecule has 0 aliphatic rings. The second kappa shape index (κ2) is 5.58. The summed E-state index contributed by atoms with van der Waals surface area (Å²) in [6.45, 7) is 6.29. The minimum Gasteiger partial charge on any atom is -0.167 e. The van der Waals surface area contributed by atoms with Crippen molar-refractivity contribution in [3.05, 3.63) is 12.2 Å². The zero-order valence-electron chi connectivity index (χ0n) is 9.12. The van der Waals surface area contributed by atoms with Gasteiger partial charge in [-0.15, -0.1) is 0 Å². The maximum atomic E-state index is 11.9. The van der Waals surface area contributed by atoms with Gasteiger partial charge >= 0.3 is 6.18 Å². The second-order valence-corrected chi connectivity index (χ2v) is 9.24. The Morgan fingerprint density at radius 3 is 1.71 bits per heavy atom. The number of hydrogen-bond donors (Lipinski definition) is 0. The van der Waals surface area contributed by atoms with E-state index in [1.807, 2.05) is 0 Å². The first-order chi connectivity index (χ1) is 6.39. The van der Waals surface area contributed by atoms with Gasteiger partial charge in [0.15, 0.2) is 0 Å². The molecule has 0 unspecified atom stereocenters. The molecular weight excluding hydrogens is 205 g/mol. The van der Waals surface area contributed by atoms with Gasteiger partial charge in [-0.3, -0.25) is 0 Å². The van der Waals surface area contributed by atoms with Crippen molar-refractivity contribution in [2.75, 3.05) is 0 Å². The van der Waals surface area contributed by atoms with Crippen molar-refractivity contribution < 1.29 is 13.2 Å². The summed E-state index contributed by atoms with van der Waals surface area (Å²) in [4.78, 5) is 0. The number of alkyl halides is 3. The Morgan fingerprint density at radius 2 is 1.43 bits per heavy atom. The first-order valence-corrected chi connectivity index (χ1v) is 7.96. The molecule has 0 aromatic rings. The van der Waals surface area contributed by atoms with Gasteiger partial charge in [0.25, 0.3) is 0 Å². The zero-order valence-corrected chi connectivity index (χ0v) is 10.1. The Kier molecular flexibility index (Phi) is 5.48. The van der Waals surface area contributed by atoms with Gasteiger partial charge in [-0.1, -0.05) is 45.0 Å². The van der Waals surface area contributed by atoms with Crippen LogP contribution in [0.25, 0.3) is 0 Å². The van der Waals surface area contributed by atoms with Crippen molar-refractivity contribution in [3.8, 4) is 0 Å². The van der Waals surface area contributed by atoms with Gasteiger partial charge in [0.05, 0.1) is 8.07 Å². The molecule has 0 amide bonds. The summed E-state index contributed by atoms with van der Waals surface area (Å²) < 4.78 is 35.6. The lowest BCUT2D eigenvalue weighted by Crippen LogP contribution is -2.30. The Bertz CT molecular complexity index is 172. The predicted octanol–water partition coefficient (Wildman–Crippen LogP) is 4.61. The highest BCUT2D eigenvalue weighted by molar-refractivity contribution is 6.80. The maximum Gasteiger partial charge on any atom is 0.409 e. The van der Waals surface area contributed by atoms with E-state index >= 15 is 0 Å². The number of allylic oxidation sites excluding steroid dienone is 2. The molecule has 0 heterocycles. The van der Waals surface area contributed by atoms with Gasteiger partial charge < -0.3 is 0 Å². The first kappa shape index (κ1) is 13.7. The molecule has 0 spiro atoms. The van der Waals surface area contributed by atoms with Gasteiger partial charge in [0, 0.05) is 6.08 Å². The molecule has 0 radical (unpaired) electrons. The molecule has 14 heavy (non-hydrogen) atoms. The average molecular weight is 224 g/mol. The minimum atomic E-state index is -4.14. The molecule has 0 N–H and O–H groups in total. The van der Waals surface area contributed by atoms with Crippen molar-refractivity contribution in [2.45, 2.75) is 51.1 Å². The molecule has 0 aromatic carbocycles. The molecule has 0 saturated heterocycles. The van der Waals surface area contributed by atoms with E-state index in [1.54, 1.807) is 0 Å². The smallest absolute Gasteiger partial charge is 0.167 e. The van der Waals surface area contributed by atoms with Crippen LogP contribution < -0.4 is 0 Å². The molecule has 4 heteroatoms. The van der Waals surface area contributed by atoms with E-state index in [2.05, 4.69) is 20.8 Å². The molecule has 0 saturated carbocycles. The Labute approximate surface area is 85.2 Å². The van der Waals surface area contributed by atoms with Crippen LogP contribution in [0.1, 0.15) is 20.8 Å². The van der Waals surface area contributed by atoms with Crippen LogP contribution in [0.5, 0.6) is 0 Å². The van der Waals surface area contributed by atoms with E-state index in [-0.39, 0.29) is 0 Å². The first-order valence-electron chi connectivity index (χ1n) is 5.13. The Balaban J connectivity index is 4.26. The van der Waals surface area contributed by atoms with E-state index in [0.717, 1.165) is 18.1 Å². The van der Waals surface area contributed by atoms with Crippen molar-refractivity contribution in [1.82, 2.24) is 0 Å². The largest absolute Gasteiger partial charge is 0.409 e. The van der Waals surface area contributed by atoms with E-state index in [4.69, 9.17) is 0 Å². The molecule has 0 bridgehead atoms. The highest BCUT2D eigenvalue weighted by Crippen LogP contribution is 2.26. The molecular formula is C10H19F3Si. The maximum absolute atomic E-state index is 11.9. The van der Waals surface area contributed by atoms with E-state index in [0.29, 0.717) is 12.1 Å². The lowest BCUT2D eigenvalue weighted by molar-refractivity contribution is -0.0799. The van der Waals surface area contributed by atoms with Gasteiger partial charge in [-0.05, 0) is 6.04 Å². The van der Waals surface area contributed by atoms with E-state index < -0.39 is 14.3 Å². The highest BCUT2D eigenvalue weighted by atomic mass is 28.3. The van der Waals surface area contributed by atoms with Gasteiger partial charge in [-0.2, -0.15) is 13.2 Å². The van der Waals surface area contributed by atoms with Crippen LogP contribution in [-0.4, -0.2) is 14.3 Å². The topological polar surface area (TPSA) is 0 Å². The Morgan fingerprint density at radius 1 is 1.00 bits per heavy atom. The fourth-order valence-corrected chi connectivity index (χ4v) is 4.61.